The fraction of sp³-hybridized carbons (Fsp3) is 0.235. The van der Waals surface area contributed by atoms with E-state index >= 15 is 0 Å². The highest BCUT2D eigenvalue weighted by molar-refractivity contribution is 6.02. The van der Waals surface area contributed by atoms with Crippen LogP contribution in [-0.2, 0) is 17.8 Å². The lowest BCUT2D eigenvalue weighted by Gasteiger charge is -2.19. The number of rotatable bonds is 3. The minimum absolute atomic E-state index is 0.171. The summed E-state index contributed by atoms with van der Waals surface area (Å²) in [5, 5.41) is 0. The third-order valence-corrected chi connectivity index (χ3v) is 3.73. The van der Waals surface area contributed by atoms with Crippen LogP contribution >= 0.6 is 0 Å². The number of anilines is 1. The van der Waals surface area contributed by atoms with Crippen LogP contribution in [0.25, 0.3) is 0 Å². The average Bonchev–Trinajstić information content (AvgIpc) is 2.77. The molecule has 2 aromatic carbocycles. The summed E-state index contributed by atoms with van der Waals surface area (Å²) in [6, 6.07) is 14.0. The van der Waals surface area contributed by atoms with Crippen molar-refractivity contribution in [1.82, 2.24) is 0 Å². The Kier molecular flexibility index (Phi) is 3.18. The molecule has 0 atom stereocenters. The summed E-state index contributed by atoms with van der Waals surface area (Å²) >= 11 is 0. The third kappa shape index (κ3) is 2.16. The van der Waals surface area contributed by atoms with Crippen molar-refractivity contribution in [3.05, 3.63) is 59.2 Å². The van der Waals surface area contributed by atoms with E-state index in [1.807, 2.05) is 41.3 Å². The fourth-order valence-electron chi connectivity index (χ4n) is 2.71. The van der Waals surface area contributed by atoms with Gasteiger partial charge in [0.1, 0.15) is 5.75 Å². The second-order valence-electron chi connectivity index (χ2n) is 5.09. The molecule has 0 saturated heterocycles. The molecule has 0 aromatic heterocycles. The summed E-state index contributed by atoms with van der Waals surface area (Å²) in [5.41, 5.74) is 4.47. The summed E-state index contributed by atoms with van der Waals surface area (Å²) < 4.78 is 5.16. The molecule has 0 fully saturated rings. The maximum Gasteiger partial charge on any atom is 0.231 e. The number of carbonyl (C=O) groups is 1. The van der Waals surface area contributed by atoms with Crippen LogP contribution in [0.5, 0.6) is 5.75 Å². The van der Waals surface area contributed by atoms with Gasteiger partial charge in [-0.25, -0.2) is 0 Å². The molecule has 102 valence electrons. The van der Waals surface area contributed by atoms with E-state index in [1.54, 1.807) is 7.11 Å². The van der Waals surface area contributed by atoms with E-state index in [-0.39, 0.29) is 5.91 Å². The molecule has 3 nitrogen and oxygen atoms in total. The number of benzene rings is 2. The molecular formula is C17H17NO2. The molecule has 0 N–H and O–H groups in total. The van der Waals surface area contributed by atoms with Crippen LogP contribution in [0.15, 0.2) is 42.5 Å². The summed E-state index contributed by atoms with van der Waals surface area (Å²) in [4.78, 5) is 14.1. The summed E-state index contributed by atoms with van der Waals surface area (Å²) in [5.74, 6) is 1.00. The van der Waals surface area contributed by atoms with Gasteiger partial charge in [0.25, 0.3) is 0 Å². The maximum atomic E-state index is 12.2. The van der Waals surface area contributed by atoms with Gasteiger partial charge in [-0.05, 0) is 35.7 Å². The quantitative estimate of drug-likeness (QED) is 0.855. The number of amides is 1. The predicted molar refractivity (Wildman–Crippen MR) is 79.1 cm³/mol. The normalized spacial score (nSPS) is 13.5. The van der Waals surface area contributed by atoms with Crippen molar-refractivity contribution in [2.75, 3.05) is 12.0 Å². The van der Waals surface area contributed by atoms with E-state index in [9.17, 15) is 4.79 Å². The number of hydrogen-bond donors (Lipinski definition) is 0. The zero-order valence-electron chi connectivity index (χ0n) is 11.7. The summed E-state index contributed by atoms with van der Waals surface area (Å²) in [7, 11) is 1.65. The Morgan fingerprint density at radius 1 is 1.15 bits per heavy atom. The van der Waals surface area contributed by atoms with Crippen molar-refractivity contribution < 1.29 is 9.53 Å². The average molecular weight is 267 g/mol. The van der Waals surface area contributed by atoms with Gasteiger partial charge in [0.15, 0.2) is 0 Å². The molecule has 2 aromatic rings. The Morgan fingerprint density at radius 2 is 1.90 bits per heavy atom. The lowest BCUT2D eigenvalue weighted by molar-refractivity contribution is -0.117. The van der Waals surface area contributed by atoms with Gasteiger partial charge in [-0.2, -0.15) is 0 Å². The van der Waals surface area contributed by atoms with Crippen LogP contribution < -0.4 is 9.64 Å². The van der Waals surface area contributed by atoms with Crippen LogP contribution in [0.1, 0.15) is 16.7 Å². The number of fused-ring (bicyclic) bond motifs is 1. The van der Waals surface area contributed by atoms with Gasteiger partial charge < -0.3 is 9.64 Å². The van der Waals surface area contributed by atoms with E-state index < -0.39 is 0 Å². The maximum absolute atomic E-state index is 12.2. The first kappa shape index (κ1) is 12.7. The van der Waals surface area contributed by atoms with Crippen molar-refractivity contribution in [3.63, 3.8) is 0 Å². The van der Waals surface area contributed by atoms with Crippen LogP contribution in [0, 0.1) is 6.92 Å². The molecule has 1 aliphatic heterocycles. The molecule has 0 bridgehead atoms. The number of carbonyl (C=O) groups excluding carboxylic acids is 1. The minimum atomic E-state index is 0.171. The Hall–Kier alpha value is -2.29. The van der Waals surface area contributed by atoms with E-state index in [2.05, 4.69) is 13.0 Å². The fourth-order valence-corrected chi connectivity index (χ4v) is 2.71. The van der Waals surface area contributed by atoms with Crippen molar-refractivity contribution in [2.24, 2.45) is 0 Å². The molecule has 0 saturated carbocycles. The zero-order valence-corrected chi connectivity index (χ0v) is 11.7. The van der Waals surface area contributed by atoms with Crippen molar-refractivity contribution in [3.8, 4) is 5.75 Å². The number of aryl methyl sites for hydroxylation is 1. The highest BCUT2D eigenvalue weighted by Crippen LogP contribution is 2.33. The standard InChI is InChI=1S/C17H17NO2/c1-12-4-3-5-14-10-16(19)18(17(12)14)11-13-6-8-15(20-2)9-7-13/h3-9H,10-11H2,1-2H3. The van der Waals surface area contributed by atoms with Gasteiger partial charge in [-0.3, -0.25) is 4.79 Å². The lowest BCUT2D eigenvalue weighted by Crippen LogP contribution is -2.26. The van der Waals surface area contributed by atoms with Gasteiger partial charge in [0.2, 0.25) is 5.91 Å². The first-order valence-electron chi connectivity index (χ1n) is 6.71. The first-order chi connectivity index (χ1) is 9.69. The van der Waals surface area contributed by atoms with Crippen LogP contribution in [0.2, 0.25) is 0 Å². The molecule has 3 rings (SSSR count). The number of methoxy groups -OCH3 is 1. The molecule has 1 aliphatic rings. The predicted octanol–water partition coefficient (Wildman–Crippen LogP) is 3.09. The van der Waals surface area contributed by atoms with Crippen LogP contribution in [0.3, 0.4) is 0 Å². The molecule has 3 heteroatoms. The zero-order chi connectivity index (χ0) is 14.1. The topological polar surface area (TPSA) is 29.5 Å². The molecule has 20 heavy (non-hydrogen) atoms. The second kappa shape index (κ2) is 5.00. The van der Waals surface area contributed by atoms with Gasteiger partial charge in [-0.15, -0.1) is 0 Å². The Bertz CT molecular complexity index is 647. The summed E-state index contributed by atoms with van der Waals surface area (Å²) in [6.45, 7) is 2.67. The Labute approximate surface area is 118 Å². The second-order valence-corrected chi connectivity index (χ2v) is 5.09. The SMILES string of the molecule is COc1ccc(CN2C(=O)Cc3cccc(C)c32)cc1. The molecule has 0 aliphatic carbocycles. The van der Waals surface area contributed by atoms with Gasteiger partial charge in [0, 0.05) is 0 Å². The lowest BCUT2D eigenvalue weighted by atomic mass is 10.1. The van der Waals surface area contributed by atoms with Crippen molar-refractivity contribution in [1.29, 1.82) is 0 Å². The molecule has 1 heterocycles. The van der Waals surface area contributed by atoms with E-state index in [0.29, 0.717) is 13.0 Å². The Morgan fingerprint density at radius 3 is 2.60 bits per heavy atom. The third-order valence-electron chi connectivity index (χ3n) is 3.73. The van der Waals surface area contributed by atoms with E-state index in [4.69, 9.17) is 4.74 Å². The highest BCUT2D eigenvalue weighted by atomic mass is 16.5. The molecule has 1 amide bonds. The molecule has 0 unspecified atom stereocenters. The van der Waals surface area contributed by atoms with Gasteiger partial charge >= 0.3 is 0 Å². The largest absolute Gasteiger partial charge is 0.497 e. The molecule has 0 radical (unpaired) electrons. The number of nitrogens with zero attached hydrogens (tertiary/aromatic N) is 1. The van der Waals surface area contributed by atoms with Crippen molar-refractivity contribution >= 4 is 11.6 Å². The van der Waals surface area contributed by atoms with E-state index in [0.717, 1.165) is 28.1 Å². The summed E-state index contributed by atoms with van der Waals surface area (Å²) in [6.07, 6.45) is 0.507. The van der Waals surface area contributed by atoms with Gasteiger partial charge in [0.05, 0.1) is 25.8 Å². The molecule has 0 spiro atoms. The minimum Gasteiger partial charge on any atom is -0.497 e. The van der Waals surface area contributed by atoms with Gasteiger partial charge in [-0.1, -0.05) is 30.3 Å². The van der Waals surface area contributed by atoms with E-state index in [1.165, 1.54) is 0 Å². The number of hydrogen-bond acceptors (Lipinski definition) is 2. The van der Waals surface area contributed by atoms with Crippen LogP contribution in [0.4, 0.5) is 5.69 Å². The van der Waals surface area contributed by atoms with Crippen LogP contribution in [-0.4, -0.2) is 13.0 Å². The number of para-hydroxylation sites is 1. The first-order valence-corrected chi connectivity index (χ1v) is 6.71. The number of ether oxygens (including phenoxy) is 1. The van der Waals surface area contributed by atoms with Crippen molar-refractivity contribution in [2.45, 2.75) is 19.9 Å². The monoisotopic (exact) mass is 267 g/mol. The highest BCUT2D eigenvalue weighted by Gasteiger charge is 2.28. The smallest absolute Gasteiger partial charge is 0.231 e. The Balaban J connectivity index is 1.89. The molecular weight excluding hydrogens is 250 g/mol.